The number of nitrogens with zero attached hydrogens (tertiary/aromatic N) is 1. The second kappa shape index (κ2) is 6.28. The van der Waals surface area contributed by atoms with E-state index in [9.17, 15) is 0 Å². The summed E-state index contributed by atoms with van der Waals surface area (Å²) in [5.74, 6) is 0. The summed E-state index contributed by atoms with van der Waals surface area (Å²) in [5.41, 5.74) is 3.10. The number of piperazine rings is 1. The lowest BCUT2D eigenvalue weighted by Gasteiger charge is -2.45. The minimum Gasteiger partial charge on any atom is -0.311 e. The first kappa shape index (κ1) is 15.5. The molecule has 0 saturated carbocycles. The van der Waals surface area contributed by atoms with Crippen molar-refractivity contribution in [2.75, 3.05) is 13.1 Å². The van der Waals surface area contributed by atoms with E-state index in [2.05, 4.69) is 69.1 Å². The van der Waals surface area contributed by atoms with Gasteiger partial charge in [0.2, 0.25) is 0 Å². The summed E-state index contributed by atoms with van der Waals surface area (Å²) in [6.07, 6.45) is 1.22. The van der Waals surface area contributed by atoms with Gasteiger partial charge in [-0.25, -0.2) is 0 Å². The van der Waals surface area contributed by atoms with Gasteiger partial charge < -0.3 is 5.32 Å². The molecule has 1 saturated heterocycles. The first-order valence-electron chi connectivity index (χ1n) is 7.93. The molecule has 0 aromatic heterocycles. The van der Waals surface area contributed by atoms with Crippen molar-refractivity contribution in [1.29, 1.82) is 0 Å². The molecule has 0 aliphatic carbocycles. The first-order valence-corrected chi connectivity index (χ1v) is 7.93. The van der Waals surface area contributed by atoms with Crippen LogP contribution in [0.4, 0.5) is 0 Å². The van der Waals surface area contributed by atoms with Gasteiger partial charge in [0.05, 0.1) is 0 Å². The maximum atomic E-state index is 3.74. The maximum Gasteiger partial charge on any atom is 0.0244 e. The number of hydrogen-bond acceptors (Lipinski definition) is 2. The highest BCUT2D eigenvalue weighted by atomic mass is 15.2. The van der Waals surface area contributed by atoms with E-state index < -0.39 is 0 Å². The lowest BCUT2D eigenvalue weighted by Crippen LogP contribution is -2.59. The summed E-state index contributed by atoms with van der Waals surface area (Å²) < 4.78 is 0. The van der Waals surface area contributed by atoms with Gasteiger partial charge in [0.25, 0.3) is 0 Å². The third-order valence-corrected chi connectivity index (χ3v) is 4.56. The highest BCUT2D eigenvalue weighted by molar-refractivity contribution is 5.21. The normalized spacial score (nSPS) is 24.9. The van der Waals surface area contributed by atoms with Crippen molar-refractivity contribution in [3.63, 3.8) is 0 Å². The van der Waals surface area contributed by atoms with E-state index in [0.717, 1.165) is 19.6 Å². The number of aryl methyl sites for hydroxylation is 1. The van der Waals surface area contributed by atoms with Gasteiger partial charge in [-0.2, -0.15) is 0 Å². The fraction of sp³-hybridized carbons (Fsp3) is 0.667. The second-order valence-electron chi connectivity index (χ2n) is 7.30. The number of rotatable bonds is 3. The molecule has 2 nitrogen and oxygen atoms in total. The Kier molecular flexibility index (Phi) is 4.87. The Morgan fingerprint density at radius 3 is 2.40 bits per heavy atom. The highest BCUT2D eigenvalue weighted by Crippen LogP contribution is 2.25. The third kappa shape index (κ3) is 3.83. The fourth-order valence-corrected chi connectivity index (χ4v) is 2.96. The molecule has 1 aromatic carbocycles. The summed E-state index contributed by atoms with van der Waals surface area (Å²) >= 11 is 0. The molecule has 1 N–H and O–H groups in total. The number of hydrogen-bond donors (Lipinski definition) is 1. The lowest BCUT2D eigenvalue weighted by atomic mass is 9.84. The van der Waals surface area contributed by atoms with E-state index in [0.29, 0.717) is 17.5 Å². The predicted molar refractivity (Wildman–Crippen MR) is 86.9 cm³/mol. The Balaban J connectivity index is 2.07. The zero-order valence-corrected chi connectivity index (χ0v) is 13.7. The molecule has 1 aromatic rings. The topological polar surface area (TPSA) is 15.3 Å². The average Bonchev–Trinajstić information content (AvgIpc) is 2.40. The second-order valence-corrected chi connectivity index (χ2v) is 7.30. The summed E-state index contributed by atoms with van der Waals surface area (Å²) in [7, 11) is 0. The van der Waals surface area contributed by atoms with Crippen LogP contribution >= 0.6 is 0 Å². The van der Waals surface area contributed by atoms with Crippen molar-refractivity contribution >= 4 is 0 Å². The van der Waals surface area contributed by atoms with Crippen molar-refractivity contribution in [3.8, 4) is 0 Å². The molecule has 2 atom stereocenters. The smallest absolute Gasteiger partial charge is 0.0244 e. The molecule has 20 heavy (non-hydrogen) atoms. The van der Waals surface area contributed by atoms with Crippen molar-refractivity contribution in [1.82, 2.24) is 10.2 Å². The SMILES string of the molecule is CCC1CNC(C(C)(C)C)CN1Cc1ccc(C)cc1. The van der Waals surface area contributed by atoms with Gasteiger partial charge in [0.1, 0.15) is 0 Å². The van der Waals surface area contributed by atoms with Crippen LogP contribution in [0, 0.1) is 12.3 Å². The van der Waals surface area contributed by atoms with Crippen LogP contribution in [0.5, 0.6) is 0 Å². The van der Waals surface area contributed by atoms with Gasteiger partial charge >= 0.3 is 0 Å². The Morgan fingerprint density at radius 1 is 1.20 bits per heavy atom. The van der Waals surface area contributed by atoms with E-state index in [1.807, 2.05) is 0 Å². The minimum atomic E-state index is 0.324. The molecule has 2 rings (SSSR count). The van der Waals surface area contributed by atoms with Gasteiger partial charge in [-0.1, -0.05) is 57.5 Å². The molecule has 1 fully saturated rings. The Morgan fingerprint density at radius 2 is 1.85 bits per heavy atom. The molecule has 1 aliphatic heterocycles. The van der Waals surface area contributed by atoms with Crippen LogP contribution in [-0.2, 0) is 6.54 Å². The van der Waals surface area contributed by atoms with Crippen LogP contribution in [-0.4, -0.2) is 30.1 Å². The van der Waals surface area contributed by atoms with Gasteiger partial charge in [0, 0.05) is 31.7 Å². The van der Waals surface area contributed by atoms with Crippen molar-refractivity contribution in [3.05, 3.63) is 35.4 Å². The number of benzene rings is 1. The monoisotopic (exact) mass is 274 g/mol. The highest BCUT2D eigenvalue weighted by Gasteiger charge is 2.33. The number of nitrogens with one attached hydrogen (secondary N) is 1. The standard InChI is InChI=1S/C18H30N2/c1-6-16-11-19-17(18(3,4)5)13-20(16)12-15-9-7-14(2)8-10-15/h7-10,16-17,19H,6,11-13H2,1-5H3. The van der Waals surface area contributed by atoms with E-state index in [4.69, 9.17) is 0 Å². The summed E-state index contributed by atoms with van der Waals surface area (Å²) in [6, 6.07) is 10.2. The van der Waals surface area contributed by atoms with Crippen LogP contribution < -0.4 is 5.32 Å². The quantitative estimate of drug-likeness (QED) is 0.906. The first-order chi connectivity index (χ1) is 9.40. The molecule has 0 amide bonds. The van der Waals surface area contributed by atoms with Gasteiger partial charge in [-0.05, 0) is 24.3 Å². The lowest BCUT2D eigenvalue weighted by molar-refractivity contribution is 0.0775. The summed E-state index contributed by atoms with van der Waals surface area (Å²) in [4.78, 5) is 2.66. The molecular formula is C18H30N2. The van der Waals surface area contributed by atoms with Crippen molar-refractivity contribution < 1.29 is 0 Å². The van der Waals surface area contributed by atoms with Crippen LogP contribution in [0.25, 0.3) is 0 Å². The Labute approximate surface area is 124 Å². The van der Waals surface area contributed by atoms with Crippen LogP contribution in [0.3, 0.4) is 0 Å². The summed E-state index contributed by atoms with van der Waals surface area (Å²) in [6.45, 7) is 14.8. The van der Waals surface area contributed by atoms with Crippen LogP contribution in [0.2, 0.25) is 0 Å². The Hall–Kier alpha value is -0.860. The molecule has 112 valence electrons. The van der Waals surface area contributed by atoms with Crippen LogP contribution in [0.15, 0.2) is 24.3 Å². The fourth-order valence-electron chi connectivity index (χ4n) is 2.96. The zero-order chi connectivity index (χ0) is 14.8. The minimum absolute atomic E-state index is 0.324. The third-order valence-electron chi connectivity index (χ3n) is 4.56. The molecule has 0 bridgehead atoms. The zero-order valence-electron chi connectivity index (χ0n) is 13.7. The molecule has 2 heteroatoms. The van der Waals surface area contributed by atoms with Crippen molar-refractivity contribution in [2.45, 2.75) is 59.7 Å². The molecular weight excluding hydrogens is 244 g/mol. The van der Waals surface area contributed by atoms with Crippen molar-refractivity contribution in [2.24, 2.45) is 5.41 Å². The van der Waals surface area contributed by atoms with E-state index >= 15 is 0 Å². The molecule has 1 aliphatic rings. The van der Waals surface area contributed by atoms with Gasteiger partial charge in [-0.15, -0.1) is 0 Å². The molecule has 1 heterocycles. The van der Waals surface area contributed by atoms with Gasteiger partial charge in [-0.3, -0.25) is 4.90 Å². The molecule has 0 spiro atoms. The average molecular weight is 274 g/mol. The summed E-state index contributed by atoms with van der Waals surface area (Å²) in [5, 5.41) is 3.74. The Bertz CT molecular complexity index is 416. The van der Waals surface area contributed by atoms with E-state index in [-0.39, 0.29) is 0 Å². The predicted octanol–water partition coefficient (Wildman–Crippen LogP) is 3.59. The van der Waals surface area contributed by atoms with Gasteiger partial charge in [0.15, 0.2) is 0 Å². The maximum absolute atomic E-state index is 3.74. The molecule has 2 unspecified atom stereocenters. The van der Waals surface area contributed by atoms with Crippen LogP contribution in [0.1, 0.15) is 45.2 Å². The van der Waals surface area contributed by atoms with E-state index in [1.165, 1.54) is 17.5 Å². The molecule has 0 radical (unpaired) electrons. The van der Waals surface area contributed by atoms with E-state index in [1.54, 1.807) is 0 Å². The largest absolute Gasteiger partial charge is 0.311 e.